The van der Waals surface area contributed by atoms with Gasteiger partial charge in [0.1, 0.15) is 5.82 Å². The number of anilines is 1. The Morgan fingerprint density at radius 2 is 2.21 bits per heavy atom. The van der Waals surface area contributed by atoms with Crippen LogP contribution in [0.5, 0.6) is 0 Å². The summed E-state index contributed by atoms with van der Waals surface area (Å²) in [6.45, 7) is 2.22. The first-order valence-electron chi connectivity index (χ1n) is 6.91. The second-order valence-corrected chi connectivity index (χ2v) is 4.98. The van der Waals surface area contributed by atoms with Crippen molar-refractivity contribution >= 4 is 11.8 Å². The molecule has 2 rings (SSSR count). The van der Waals surface area contributed by atoms with Gasteiger partial charge in [-0.15, -0.1) is 0 Å². The molecule has 19 heavy (non-hydrogen) atoms. The van der Waals surface area contributed by atoms with E-state index in [1.54, 1.807) is 6.20 Å². The molecule has 0 spiro atoms. The second-order valence-electron chi connectivity index (χ2n) is 4.98. The van der Waals surface area contributed by atoms with E-state index in [9.17, 15) is 4.79 Å². The van der Waals surface area contributed by atoms with E-state index in [-0.39, 0.29) is 5.69 Å². The Bertz CT molecular complexity index is 436. The first-order chi connectivity index (χ1) is 9.24. The molecule has 1 N–H and O–H groups in total. The van der Waals surface area contributed by atoms with Crippen LogP contribution in [0, 0.1) is 5.92 Å². The Kier molecular flexibility index (Phi) is 4.71. The standard InChI is InChI=1S/C14H21N3O2/c1-3-10-6-4-5-7-11(10)16-13-9-15-8-12(17-13)14(18)19-2/h8-11H,3-7H2,1-2H3,(H,16,17). The van der Waals surface area contributed by atoms with Crippen LogP contribution in [0.15, 0.2) is 12.4 Å². The number of methoxy groups -OCH3 is 1. The van der Waals surface area contributed by atoms with E-state index in [1.807, 2.05) is 0 Å². The molecule has 0 aromatic carbocycles. The summed E-state index contributed by atoms with van der Waals surface area (Å²) in [5.41, 5.74) is 0.247. The van der Waals surface area contributed by atoms with Crippen LogP contribution < -0.4 is 5.32 Å². The van der Waals surface area contributed by atoms with E-state index < -0.39 is 5.97 Å². The Labute approximate surface area is 113 Å². The van der Waals surface area contributed by atoms with Crippen LogP contribution in [-0.4, -0.2) is 29.1 Å². The molecular formula is C14H21N3O2. The quantitative estimate of drug-likeness (QED) is 0.846. The van der Waals surface area contributed by atoms with Crippen molar-refractivity contribution < 1.29 is 9.53 Å². The molecule has 1 aliphatic rings. The molecule has 0 saturated heterocycles. The summed E-state index contributed by atoms with van der Waals surface area (Å²) in [4.78, 5) is 19.7. The van der Waals surface area contributed by atoms with Gasteiger partial charge in [-0.2, -0.15) is 0 Å². The molecule has 5 nitrogen and oxygen atoms in total. The van der Waals surface area contributed by atoms with E-state index in [2.05, 4.69) is 26.9 Å². The van der Waals surface area contributed by atoms with Gasteiger partial charge in [0, 0.05) is 6.04 Å². The summed E-state index contributed by atoms with van der Waals surface area (Å²) >= 11 is 0. The van der Waals surface area contributed by atoms with Crippen molar-refractivity contribution in [2.24, 2.45) is 5.92 Å². The van der Waals surface area contributed by atoms with Crippen molar-refractivity contribution in [2.75, 3.05) is 12.4 Å². The first-order valence-corrected chi connectivity index (χ1v) is 6.91. The van der Waals surface area contributed by atoms with Gasteiger partial charge >= 0.3 is 5.97 Å². The van der Waals surface area contributed by atoms with Crippen LogP contribution in [0.1, 0.15) is 49.5 Å². The summed E-state index contributed by atoms with van der Waals surface area (Å²) in [5, 5.41) is 3.42. The molecule has 1 heterocycles. The highest BCUT2D eigenvalue weighted by Gasteiger charge is 2.24. The summed E-state index contributed by atoms with van der Waals surface area (Å²) in [7, 11) is 1.35. The number of esters is 1. The number of ether oxygens (including phenoxy) is 1. The van der Waals surface area contributed by atoms with Crippen molar-refractivity contribution in [1.29, 1.82) is 0 Å². The molecule has 1 fully saturated rings. The molecule has 1 aromatic heterocycles. The number of rotatable bonds is 4. The fourth-order valence-corrected chi connectivity index (χ4v) is 2.71. The Morgan fingerprint density at radius 1 is 1.42 bits per heavy atom. The average Bonchev–Trinajstić information content (AvgIpc) is 2.47. The summed E-state index contributed by atoms with van der Waals surface area (Å²) < 4.78 is 4.65. The van der Waals surface area contributed by atoms with Crippen molar-refractivity contribution in [2.45, 2.75) is 45.1 Å². The van der Waals surface area contributed by atoms with Crippen molar-refractivity contribution in [3.05, 3.63) is 18.1 Å². The molecule has 1 saturated carbocycles. The number of nitrogens with one attached hydrogen (secondary N) is 1. The lowest BCUT2D eigenvalue weighted by atomic mass is 9.83. The van der Waals surface area contributed by atoms with Crippen LogP contribution in [-0.2, 0) is 4.74 Å². The van der Waals surface area contributed by atoms with Gasteiger partial charge in [-0.25, -0.2) is 9.78 Å². The minimum absolute atomic E-state index is 0.247. The first kappa shape index (κ1) is 13.8. The zero-order valence-corrected chi connectivity index (χ0v) is 11.6. The van der Waals surface area contributed by atoms with Gasteiger partial charge in [-0.3, -0.25) is 4.98 Å². The number of nitrogens with zero attached hydrogens (tertiary/aromatic N) is 2. The third kappa shape index (κ3) is 3.43. The van der Waals surface area contributed by atoms with Crippen LogP contribution in [0.4, 0.5) is 5.82 Å². The maximum absolute atomic E-state index is 11.4. The van der Waals surface area contributed by atoms with Crippen LogP contribution in [0.25, 0.3) is 0 Å². The van der Waals surface area contributed by atoms with Crippen LogP contribution in [0.3, 0.4) is 0 Å². The maximum Gasteiger partial charge on any atom is 0.358 e. The third-order valence-electron chi connectivity index (χ3n) is 3.80. The normalized spacial score (nSPS) is 22.8. The third-order valence-corrected chi connectivity index (χ3v) is 3.80. The molecule has 104 valence electrons. The number of aromatic nitrogens is 2. The highest BCUT2D eigenvalue weighted by atomic mass is 16.5. The van der Waals surface area contributed by atoms with Crippen LogP contribution in [0.2, 0.25) is 0 Å². The van der Waals surface area contributed by atoms with Crippen LogP contribution >= 0.6 is 0 Å². The van der Waals surface area contributed by atoms with E-state index in [4.69, 9.17) is 0 Å². The van der Waals surface area contributed by atoms with E-state index in [1.165, 1.54) is 39.0 Å². The van der Waals surface area contributed by atoms with E-state index in [0.29, 0.717) is 17.8 Å². The predicted molar refractivity (Wildman–Crippen MR) is 73.0 cm³/mol. The van der Waals surface area contributed by atoms with Gasteiger partial charge in [-0.05, 0) is 18.8 Å². The largest absolute Gasteiger partial charge is 0.464 e. The Morgan fingerprint density at radius 3 is 2.95 bits per heavy atom. The average molecular weight is 263 g/mol. The molecular weight excluding hydrogens is 242 g/mol. The Hall–Kier alpha value is -1.65. The van der Waals surface area contributed by atoms with Gasteiger partial charge in [0.2, 0.25) is 0 Å². The molecule has 5 heteroatoms. The number of carbonyl (C=O) groups is 1. The molecule has 2 atom stereocenters. The van der Waals surface area contributed by atoms with E-state index >= 15 is 0 Å². The lowest BCUT2D eigenvalue weighted by Crippen LogP contribution is -2.32. The zero-order chi connectivity index (χ0) is 13.7. The van der Waals surface area contributed by atoms with Gasteiger partial charge in [0.05, 0.1) is 19.5 Å². The van der Waals surface area contributed by atoms with Gasteiger partial charge in [-0.1, -0.05) is 26.2 Å². The number of carbonyl (C=O) groups excluding carboxylic acids is 1. The smallest absolute Gasteiger partial charge is 0.358 e. The van der Waals surface area contributed by atoms with E-state index in [0.717, 1.165) is 6.42 Å². The summed E-state index contributed by atoms with van der Waals surface area (Å²) in [6, 6.07) is 0.431. The minimum atomic E-state index is -0.452. The molecule has 0 bridgehead atoms. The molecule has 0 radical (unpaired) electrons. The lowest BCUT2D eigenvalue weighted by Gasteiger charge is -2.31. The minimum Gasteiger partial charge on any atom is -0.464 e. The van der Waals surface area contributed by atoms with Gasteiger partial charge in [0.25, 0.3) is 0 Å². The van der Waals surface area contributed by atoms with Crippen molar-refractivity contribution in [3.63, 3.8) is 0 Å². The lowest BCUT2D eigenvalue weighted by molar-refractivity contribution is 0.0593. The Balaban J connectivity index is 2.07. The molecule has 0 amide bonds. The fourth-order valence-electron chi connectivity index (χ4n) is 2.71. The topological polar surface area (TPSA) is 64.1 Å². The maximum atomic E-state index is 11.4. The summed E-state index contributed by atoms with van der Waals surface area (Å²) in [5.74, 6) is 0.886. The number of hydrogen-bond acceptors (Lipinski definition) is 5. The zero-order valence-electron chi connectivity index (χ0n) is 11.6. The SMILES string of the molecule is CCC1CCCCC1Nc1cncc(C(=O)OC)n1. The van der Waals surface area contributed by atoms with Gasteiger partial charge < -0.3 is 10.1 Å². The molecule has 0 aliphatic heterocycles. The molecule has 2 unspecified atom stereocenters. The highest BCUT2D eigenvalue weighted by Crippen LogP contribution is 2.28. The fraction of sp³-hybridized carbons (Fsp3) is 0.643. The van der Waals surface area contributed by atoms with Crippen molar-refractivity contribution in [3.8, 4) is 0 Å². The van der Waals surface area contributed by atoms with Gasteiger partial charge in [0.15, 0.2) is 5.69 Å². The van der Waals surface area contributed by atoms with Crippen molar-refractivity contribution in [1.82, 2.24) is 9.97 Å². The monoisotopic (exact) mass is 263 g/mol. The number of hydrogen-bond donors (Lipinski definition) is 1. The highest BCUT2D eigenvalue weighted by molar-refractivity contribution is 5.87. The predicted octanol–water partition coefficient (Wildman–Crippen LogP) is 2.64. The second kappa shape index (κ2) is 6.50. The molecule has 1 aromatic rings. The molecule has 1 aliphatic carbocycles. The summed E-state index contributed by atoms with van der Waals surface area (Å²) in [6.07, 6.45) is 9.23.